The topological polar surface area (TPSA) is 75.6 Å². The molecule has 0 aliphatic carbocycles. The molecule has 1 aromatic rings. The molecule has 0 bridgehead atoms. The molecule has 2 N–H and O–H groups in total. The van der Waals surface area contributed by atoms with Crippen LogP contribution in [0, 0.1) is 0 Å². The van der Waals surface area contributed by atoms with Crippen LogP contribution in [-0.2, 0) is 9.59 Å². The molecule has 1 atom stereocenters. The molecule has 0 saturated carbocycles. The number of alkyl halides is 3. The van der Waals surface area contributed by atoms with Crippen LogP contribution < -0.4 is 10.1 Å². The maximum absolute atomic E-state index is 12.3. The number of methoxy groups -OCH3 is 1. The number of halogens is 4. The van der Waals surface area contributed by atoms with E-state index in [0.717, 1.165) is 0 Å². The predicted octanol–water partition coefficient (Wildman–Crippen LogP) is 2.65. The second-order valence-electron chi connectivity index (χ2n) is 4.02. The van der Waals surface area contributed by atoms with Crippen molar-refractivity contribution in [3.8, 4) is 5.75 Å². The van der Waals surface area contributed by atoms with Gasteiger partial charge in [0.25, 0.3) is 0 Å². The van der Waals surface area contributed by atoms with Crippen molar-refractivity contribution in [2.24, 2.45) is 0 Å². The summed E-state index contributed by atoms with van der Waals surface area (Å²) in [6.07, 6.45) is -5.76. The lowest BCUT2D eigenvalue weighted by Crippen LogP contribution is -2.39. The predicted molar refractivity (Wildman–Crippen MR) is 69.9 cm³/mol. The van der Waals surface area contributed by atoms with Gasteiger partial charge in [-0.1, -0.05) is 6.07 Å². The van der Waals surface area contributed by atoms with Gasteiger partial charge in [-0.15, -0.1) is 0 Å². The quantitative estimate of drug-likeness (QED) is 0.836. The summed E-state index contributed by atoms with van der Waals surface area (Å²) in [5.41, 5.74) is 0.211. The fraction of sp³-hybridized carbons (Fsp3) is 0.333. The number of hydrogen-bond acceptors (Lipinski definition) is 3. The highest BCUT2D eigenvalue weighted by atomic mass is 79.9. The van der Waals surface area contributed by atoms with Crippen LogP contribution in [0.3, 0.4) is 0 Å². The molecule has 1 unspecified atom stereocenters. The number of carbonyl (C=O) groups excluding carboxylic acids is 1. The molecule has 9 heteroatoms. The molecular formula is C12H11BrF3NO4. The zero-order valence-corrected chi connectivity index (χ0v) is 12.3. The minimum atomic E-state index is -5.08. The molecule has 5 nitrogen and oxygen atoms in total. The molecule has 0 aliphatic heterocycles. The Hall–Kier alpha value is -1.77. The van der Waals surface area contributed by atoms with Gasteiger partial charge in [0.05, 0.1) is 24.0 Å². The normalized spacial score (nSPS) is 12.6. The summed E-state index contributed by atoms with van der Waals surface area (Å²) in [5.74, 6) is -3.11. The number of carbonyl (C=O) groups is 2. The average Bonchev–Trinajstić information content (AvgIpc) is 2.36. The molecule has 0 fully saturated rings. The van der Waals surface area contributed by atoms with Crippen LogP contribution in [0.5, 0.6) is 5.75 Å². The first-order valence-electron chi connectivity index (χ1n) is 5.58. The van der Waals surface area contributed by atoms with Crippen LogP contribution in [0.4, 0.5) is 13.2 Å². The van der Waals surface area contributed by atoms with E-state index in [0.29, 0.717) is 10.2 Å². The van der Waals surface area contributed by atoms with Crippen LogP contribution in [-0.4, -0.2) is 30.3 Å². The third-order valence-corrected chi connectivity index (χ3v) is 3.14. The van der Waals surface area contributed by atoms with E-state index in [1.54, 1.807) is 5.32 Å². The molecule has 1 rings (SSSR count). The molecule has 0 radical (unpaired) electrons. The number of ether oxygens (including phenoxy) is 1. The van der Waals surface area contributed by atoms with Gasteiger partial charge in [-0.25, -0.2) is 0 Å². The molecule has 1 aromatic carbocycles. The molecule has 0 saturated heterocycles. The zero-order chi connectivity index (χ0) is 16.2. The van der Waals surface area contributed by atoms with Crippen molar-refractivity contribution in [3.63, 3.8) is 0 Å². The summed E-state index contributed by atoms with van der Waals surface area (Å²) < 4.78 is 42.2. The van der Waals surface area contributed by atoms with E-state index in [9.17, 15) is 22.8 Å². The Morgan fingerprint density at radius 3 is 2.48 bits per heavy atom. The van der Waals surface area contributed by atoms with Crippen LogP contribution in [0.25, 0.3) is 0 Å². The van der Waals surface area contributed by atoms with E-state index in [1.165, 1.54) is 25.3 Å². The zero-order valence-electron chi connectivity index (χ0n) is 10.7. The Bertz CT molecular complexity index is 548. The summed E-state index contributed by atoms with van der Waals surface area (Å²) in [5, 5.41) is 10.4. The Morgan fingerprint density at radius 1 is 1.43 bits per heavy atom. The smallest absolute Gasteiger partial charge is 0.471 e. The lowest BCUT2D eigenvalue weighted by atomic mass is 10.0. The fourth-order valence-corrected chi connectivity index (χ4v) is 2.12. The van der Waals surface area contributed by atoms with Crippen molar-refractivity contribution in [2.75, 3.05) is 7.11 Å². The fourth-order valence-electron chi connectivity index (χ4n) is 1.57. The first-order valence-corrected chi connectivity index (χ1v) is 6.37. The Labute approximate surface area is 126 Å². The van der Waals surface area contributed by atoms with Crippen molar-refractivity contribution < 1.29 is 32.6 Å². The van der Waals surface area contributed by atoms with Crippen LogP contribution in [0.2, 0.25) is 0 Å². The molecule has 0 heterocycles. The van der Waals surface area contributed by atoms with Crippen molar-refractivity contribution in [1.29, 1.82) is 0 Å². The molecule has 116 valence electrons. The van der Waals surface area contributed by atoms with Gasteiger partial charge in [0.15, 0.2) is 0 Å². The van der Waals surface area contributed by atoms with Crippen LogP contribution >= 0.6 is 15.9 Å². The van der Waals surface area contributed by atoms with Crippen molar-refractivity contribution in [1.82, 2.24) is 5.32 Å². The molecule has 0 spiro atoms. The number of nitrogens with one attached hydrogen (secondary N) is 1. The largest absolute Gasteiger partial charge is 0.496 e. The summed E-state index contributed by atoms with van der Waals surface area (Å²) in [4.78, 5) is 21.7. The molecule has 0 aliphatic rings. The Morgan fingerprint density at radius 2 is 2.05 bits per heavy atom. The summed E-state index contributed by atoms with van der Waals surface area (Å²) in [7, 11) is 1.40. The summed E-state index contributed by atoms with van der Waals surface area (Å²) >= 11 is 3.14. The minimum absolute atomic E-state index is 0.211. The van der Waals surface area contributed by atoms with Gasteiger partial charge < -0.3 is 15.2 Å². The van der Waals surface area contributed by atoms with Crippen LogP contribution in [0.1, 0.15) is 18.0 Å². The highest BCUT2D eigenvalue weighted by molar-refractivity contribution is 9.10. The number of carboxylic acid groups (broad SMARTS) is 1. The van der Waals surface area contributed by atoms with E-state index in [1.807, 2.05) is 0 Å². The van der Waals surface area contributed by atoms with Gasteiger partial charge in [0.2, 0.25) is 0 Å². The highest BCUT2D eigenvalue weighted by Gasteiger charge is 2.40. The third-order valence-electron chi connectivity index (χ3n) is 2.52. The first kappa shape index (κ1) is 17.3. The number of amides is 1. The van der Waals surface area contributed by atoms with Gasteiger partial charge in [0.1, 0.15) is 5.75 Å². The first-order chi connectivity index (χ1) is 9.65. The maximum Gasteiger partial charge on any atom is 0.471 e. The maximum atomic E-state index is 12.3. The number of carboxylic acids is 1. The summed E-state index contributed by atoms with van der Waals surface area (Å²) in [6, 6.07) is 2.92. The van der Waals surface area contributed by atoms with Gasteiger partial charge in [-0.3, -0.25) is 9.59 Å². The van der Waals surface area contributed by atoms with E-state index in [-0.39, 0.29) is 5.56 Å². The number of hydrogen-bond donors (Lipinski definition) is 2. The molecule has 1 amide bonds. The number of benzene rings is 1. The lowest BCUT2D eigenvalue weighted by Gasteiger charge is -2.19. The van der Waals surface area contributed by atoms with Gasteiger partial charge in [-0.2, -0.15) is 13.2 Å². The number of rotatable bonds is 5. The molecule has 21 heavy (non-hydrogen) atoms. The van der Waals surface area contributed by atoms with Gasteiger partial charge in [0, 0.05) is 0 Å². The van der Waals surface area contributed by atoms with E-state index >= 15 is 0 Å². The monoisotopic (exact) mass is 369 g/mol. The summed E-state index contributed by atoms with van der Waals surface area (Å²) in [6.45, 7) is 0. The van der Waals surface area contributed by atoms with Crippen molar-refractivity contribution in [2.45, 2.75) is 18.6 Å². The average molecular weight is 370 g/mol. The number of aliphatic carboxylic acids is 1. The van der Waals surface area contributed by atoms with Crippen molar-refractivity contribution in [3.05, 3.63) is 28.2 Å². The third kappa shape index (κ3) is 4.92. The second kappa shape index (κ2) is 6.79. The minimum Gasteiger partial charge on any atom is -0.496 e. The van der Waals surface area contributed by atoms with E-state index in [4.69, 9.17) is 9.84 Å². The molecular weight excluding hydrogens is 359 g/mol. The second-order valence-corrected chi connectivity index (χ2v) is 4.87. The van der Waals surface area contributed by atoms with Gasteiger partial charge in [-0.05, 0) is 33.6 Å². The standard InChI is InChI=1S/C12H11BrF3NO4/c1-21-9-3-2-6(4-7(9)13)8(5-10(18)19)17-11(20)12(14,15)16/h2-4,8H,5H2,1H3,(H,17,20)(H,18,19). The lowest BCUT2D eigenvalue weighted by molar-refractivity contribution is -0.174. The van der Waals surface area contributed by atoms with E-state index in [2.05, 4.69) is 15.9 Å². The van der Waals surface area contributed by atoms with Crippen LogP contribution in [0.15, 0.2) is 22.7 Å². The highest BCUT2D eigenvalue weighted by Crippen LogP contribution is 2.29. The Balaban J connectivity index is 3.05. The van der Waals surface area contributed by atoms with Crippen molar-refractivity contribution >= 4 is 27.8 Å². The SMILES string of the molecule is COc1ccc(C(CC(=O)O)NC(=O)C(F)(F)F)cc1Br. The van der Waals surface area contributed by atoms with Gasteiger partial charge >= 0.3 is 18.1 Å². The van der Waals surface area contributed by atoms with E-state index < -0.39 is 30.5 Å². The molecule has 0 aromatic heterocycles. The Kier molecular flexibility index (Phi) is 5.59.